The van der Waals surface area contributed by atoms with E-state index in [4.69, 9.17) is 0 Å². The van der Waals surface area contributed by atoms with Crippen molar-refractivity contribution in [3.8, 4) is 0 Å². The summed E-state index contributed by atoms with van der Waals surface area (Å²) >= 11 is 0. The molecule has 2 amide bonds. The van der Waals surface area contributed by atoms with E-state index in [-0.39, 0.29) is 23.2 Å². The number of pyridine rings is 1. The minimum absolute atomic E-state index is 0.0806. The van der Waals surface area contributed by atoms with E-state index in [1.165, 1.54) is 6.92 Å². The Kier molecular flexibility index (Phi) is 5.12. The predicted molar refractivity (Wildman–Crippen MR) is 109 cm³/mol. The molecule has 2 aromatic heterocycles. The summed E-state index contributed by atoms with van der Waals surface area (Å²) in [4.78, 5) is 43.7. The molecule has 1 aromatic carbocycles. The van der Waals surface area contributed by atoms with Crippen LogP contribution in [0.2, 0.25) is 0 Å². The summed E-state index contributed by atoms with van der Waals surface area (Å²) in [7, 11) is 0. The van der Waals surface area contributed by atoms with Gasteiger partial charge in [0.2, 0.25) is 5.82 Å². The summed E-state index contributed by atoms with van der Waals surface area (Å²) < 4.78 is 1.66. The zero-order chi connectivity index (χ0) is 20.4. The number of hydrogen-bond acceptors (Lipinski definition) is 4. The third-order valence-corrected chi connectivity index (χ3v) is 5.12. The highest BCUT2D eigenvalue weighted by atomic mass is 16.2. The first-order valence-electron chi connectivity index (χ1n) is 9.73. The Morgan fingerprint density at radius 3 is 2.55 bits per heavy atom. The first-order valence-corrected chi connectivity index (χ1v) is 9.73. The molecule has 0 radical (unpaired) electrons. The summed E-state index contributed by atoms with van der Waals surface area (Å²) in [6, 6.07) is 12.1. The number of piperidine rings is 1. The lowest BCUT2D eigenvalue weighted by molar-refractivity contribution is 0.0711. The van der Waals surface area contributed by atoms with E-state index in [2.05, 4.69) is 10.3 Å². The monoisotopic (exact) mass is 390 g/mol. The van der Waals surface area contributed by atoms with E-state index in [0.717, 1.165) is 19.3 Å². The molecule has 1 N–H and O–H groups in total. The van der Waals surface area contributed by atoms with E-state index in [0.29, 0.717) is 29.9 Å². The van der Waals surface area contributed by atoms with Gasteiger partial charge in [0.05, 0.1) is 5.52 Å². The van der Waals surface area contributed by atoms with Gasteiger partial charge in [0.25, 0.3) is 11.8 Å². The van der Waals surface area contributed by atoms with Gasteiger partial charge in [0.15, 0.2) is 11.5 Å². The average Bonchev–Trinajstić information content (AvgIpc) is 3.14. The van der Waals surface area contributed by atoms with E-state index >= 15 is 0 Å². The van der Waals surface area contributed by atoms with Gasteiger partial charge in [-0.2, -0.15) is 0 Å². The standard InChI is InChI=1S/C22H22N4O3/c1-15(27)16-8-7-9-17(14-16)23-21(28)19-18-10-3-6-13-26(18)20(24-19)22(29)25-11-4-2-5-12-25/h3,6-10,13-14H,2,4-5,11-12H2,1H3,(H,23,28). The zero-order valence-corrected chi connectivity index (χ0v) is 16.2. The summed E-state index contributed by atoms with van der Waals surface area (Å²) in [5.41, 5.74) is 1.76. The summed E-state index contributed by atoms with van der Waals surface area (Å²) in [5, 5.41) is 2.79. The molecule has 4 rings (SSSR count). The number of rotatable bonds is 4. The molecule has 1 fully saturated rings. The van der Waals surface area contributed by atoms with Gasteiger partial charge in [-0.25, -0.2) is 4.98 Å². The van der Waals surface area contributed by atoms with E-state index in [9.17, 15) is 14.4 Å². The molecule has 3 aromatic rings. The van der Waals surface area contributed by atoms with Crippen molar-refractivity contribution in [2.75, 3.05) is 18.4 Å². The van der Waals surface area contributed by atoms with E-state index in [1.807, 2.05) is 0 Å². The van der Waals surface area contributed by atoms with Crippen LogP contribution in [0.5, 0.6) is 0 Å². The maximum atomic E-state index is 13.0. The Morgan fingerprint density at radius 1 is 1.00 bits per heavy atom. The van der Waals surface area contributed by atoms with Crippen molar-refractivity contribution in [3.05, 3.63) is 65.7 Å². The molecule has 3 heterocycles. The summed E-state index contributed by atoms with van der Waals surface area (Å²) in [6.07, 6.45) is 4.83. The Hall–Kier alpha value is -3.48. The van der Waals surface area contributed by atoms with Gasteiger partial charge in [0, 0.05) is 30.5 Å². The van der Waals surface area contributed by atoms with Gasteiger partial charge in [-0.1, -0.05) is 18.2 Å². The van der Waals surface area contributed by atoms with Crippen molar-refractivity contribution in [1.82, 2.24) is 14.3 Å². The number of aromatic nitrogens is 2. The van der Waals surface area contributed by atoms with Crippen molar-refractivity contribution in [3.63, 3.8) is 0 Å². The minimum atomic E-state index is -0.424. The first-order chi connectivity index (χ1) is 14.0. The second kappa shape index (κ2) is 7.87. The maximum Gasteiger partial charge on any atom is 0.290 e. The van der Waals surface area contributed by atoms with Crippen LogP contribution in [0.25, 0.3) is 5.52 Å². The molecule has 7 heteroatoms. The SMILES string of the molecule is CC(=O)c1cccc(NC(=O)c2nc(C(=O)N3CCCCC3)n3ccccc23)c1. The molecule has 0 bridgehead atoms. The minimum Gasteiger partial charge on any atom is -0.336 e. The van der Waals surface area contributed by atoms with Gasteiger partial charge in [-0.3, -0.25) is 18.8 Å². The van der Waals surface area contributed by atoms with Gasteiger partial charge < -0.3 is 10.2 Å². The number of amides is 2. The normalized spacial score (nSPS) is 14.0. The van der Waals surface area contributed by atoms with Crippen LogP contribution in [-0.4, -0.2) is 45.0 Å². The average molecular weight is 390 g/mol. The number of likely N-dealkylation sites (tertiary alicyclic amines) is 1. The molecule has 0 aliphatic carbocycles. The van der Waals surface area contributed by atoms with Crippen LogP contribution in [0, 0.1) is 0 Å². The number of imidazole rings is 1. The molecule has 1 aliphatic heterocycles. The molecule has 1 saturated heterocycles. The molecule has 7 nitrogen and oxygen atoms in total. The number of hydrogen-bond donors (Lipinski definition) is 1. The Labute approximate surface area is 168 Å². The predicted octanol–water partition coefficient (Wildman–Crippen LogP) is 3.42. The summed E-state index contributed by atoms with van der Waals surface area (Å²) in [5.74, 6) is -0.427. The lowest BCUT2D eigenvalue weighted by atomic mass is 10.1. The molecule has 1 aliphatic rings. The molecule has 29 heavy (non-hydrogen) atoms. The fourth-order valence-electron chi connectivity index (χ4n) is 3.60. The number of carbonyl (C=O) groups is 3. The van der Waals surface area contributed by atoms with Crippen molar-refractivity contribution in [2.24, 2.45) is 0 Å². The second-order valence-electron chi connectivity index (χ2n) is 7.18. The van der Waals surface area contributed by atoms with Crippen LogP contribution in [0.3, 0.4) is 0 Å². The highest BCUT2D eigenvalue weighted by Gasteiger charge is 2.26. The molecule has 0 saturated carbocycles. The highest BCUT2D eigenvalue weighted by Crippen LogP contribution is 2.19. The lowest BCUT2D eigenvalue weighted by Gasteiger charge is -2.25. The number of anilines is 1. The van der Waals surface area contributed by atoms with Crippen LogP contribution in [0.1, 0.15) is 57.7 Å². The molecular weight excluding hydrogens is 368 g/mol. The van der Waals surface area contributed by atoms with Crippen molar-refractivity contribution in [2.45, 2.75) is 26.2 Å². The number of benzene rings is 1. The largest absolute Gasteiger partial charge is 0.336 e. The Bertz CT molecular complexity index is 1100. The van der Waals surface area contributed by atoms with Gasteiger partial charge in [-0.05, 0) is 50.5 Å². The van der Waals surface area contributed by atoms with Crippen LogP contribution in [0.4, 0.5) is 5.69 Å². The van der Waals surface area contributed by atoms with Gasteiger partial charge in [-0.15, -0.1) is 0 Å². The summed E-state index contributed by atoms with van der Waals surface area (Å²) in [6.45, 7) is 2.89. The number of nitrogens with one attached hydrogen (secondary N) is 1. The van der Waals surface area contributed by atoms with Gasteiger partial charge >= 0.3 is 0 Å². The van der Waals surface area contributed by atoms with Gasteiger partial charge in [0.1, 0.15) is 0 Å². The maximum absolute atomic E-state index is 13.0. The quantitative estimate of drug-likeness (QED) is 0.692. The molecular formula is C22H22N4O3. The second-order valence-corrected chi connectivity index (χ2v) is 7.18. The molecule has 148 valence electrons. The van der Waals surface area contributed by atoms with Crippen molar-refractivity contribution in [1.29, 1.82) is 0 Å². The van der Waals surface area contributed by atoms with Crippen molar-refractivity contribution < 1.29 is 14.4 Å². The number of carbonyl (C=O) groups excluding carboxylic acids is 3. The number of fused-ring (bicyclic) bond motifs is 1. The smallest absolute Gasteiger partial charge is 0.290 e. The van der Waals surface area contributed by atoms with E-state index < -0.39 is 5.91 Å². The first kappa shape index (κ1) is 18.9. The van der Waals surface area contributed by atoms with Crippen LogP contribution < -0.4 is 5.32 Å². The lowest BCUT2D eigenvalue weighted by Crippen LogP contribution is -2.36. The van der Waals surface area contributed by atoms with Crippen LogP contribution in [-0.2, 0) is 0 Å². The Morgan fingerprint density at radius 2 is 1.79 bits per heavy atom. The fourth-order valence-corrected chi connectivity index (χ4v) is 3.60. The number of ketones is 1. The Balaban J connectivity index is 1.67. The van der Waals surface area contributed by atoms with Crippen LogP contribution in [0.15, 0.2) is 48.7 Å². The van der Waals surface area contributed by atoms with Crippen molar-refractivity contribution >= 4 is 28.8 Å². The van der Waals surface area contributed by atoms with Crippen LogP contribution >= 0.6 is 0 Å². The topological polar surface area (TPSA) is 83.8 Å². The molecule has 0 spiro atoms. The number of Topliss-reactive ketones (excluding diaryl/α,β-unsaturated/α-hetero) is 1. The van der Waals surface area contributed by atoms with E-state index in [1.54, 1.807) is 58.0 Å². The molecule has 0 atom stereocenters. The molecule has 0 unspecified atom stereocenters. The fraction of sp³-hybridized carbons (Fsp3) is 0.273. The number of nitrogens with zero attached hydrogens (tertiary/aromatic N) is 3. The zero-order valence-electron chi connectivity index (χ0n) is 16.2. The third-order valence-electron chi connectivity index (χ3n) is 5.12. The third kappa shape index (κ3) is 3.76. The highest BCUT2D eigenvalue weighted by molar-refractivity contribution is 6.09.